The van der Waals surface area contributed by atoms with Gasteiger partial charge in [-0.05, 0) is 43.3 Å². The number of carbonyl (C=O) groups excluding carboxylic acids is 1. The molecule has 1 aliphatic heterocycles. The number of alkyl halides is 1. The molecule has 1 amide bonds. The predicted molar refractivity (Wildman–Crippen MR) is 133 cm³/mol. The van der Waals surface area contributed by atoms with Gasteiger partial charge >= 0.3 is 0 Å². The van der Waals surface area contributed by atoms with E-state index in [1.54, 1.807) is 41.1 Å². The summed E-state index contributed by atoms with van der Waals surface area (Å²) >= 11 is 1.61. The number of nitrogens with one attached hydrogen (secondary N) is 1. The maximum Gasteiger partial charge on any atom is 0.209 e. The van der Waals surface area contributed by atoms with Crippen molar-refractivity contribution in [2.45, 2.75) is 33.4 Å². The van der Waals surface area contributed by atoms with E-state index >= 15 is 0 Å². The highest BCUT2D eigenvalue weighted by Crippen LogP contribution is 2.32. The SMILES string of the molecule is CC.CNSC.C[C@@H]1C[C@@H]1F.Fc1cccc(F)c1-c1ccccc1.O=CN1CCOCC1. The van der Waals surface area contributed by atoms with Crippen LogP contribution in [0.4, 0.5) is 13.2 Å². The van der Waals surface area contributed by atoms with E-state index in [1.807, 2.05) is 40.1 Å². The lowest BCUT2D eigenvalue weighted by molar-refractivity contribution is -0.121. The highest BCUT2D eigenvalue weighted by molar-refractivity contribution is 7.96. The first-order valence-corrected chi connectivity index (χ1v) is 12.3. The van der Waals surface area contributed by atoms with Gasteiger partial charge in [-0.3, -0.25) is 9.52 Å². The maximum absolute atomic E-state index is 13.3. The number of hydrogen-bond donors (Lipinski definition) is 1. The van der Waals surface area contributed by atoms with Crippen molar-refractivity contribution in [3.63, 3.8) is 0 Å². The summed E-state index contributed by atoms with van der Waals surface area (Å²) in [5, 5.41) is 0. The molecule has 1 N–H and O–H groups in total. The van der Waals surface area contributed by atoms with Gasteiger partial charge in [-0.25, -0.2) is 13.2 Å². The number of benzene rings is 2. The minimum absolute atomic E-state index is 0.0353. The number of ether oxygens (including phenoxy) is 1. The van der Waals surface area contributed by atoms with Crippen LogP contribution in [0.3, 0.4) is 0 Å². The lowest BCUT2D eigenvalue weighted by Gasteiger charge is -2.21. The molecule has 1 heterocycles. The van der Waals surface area contributed by atoms with Crippen molar-refractivity contribution in [1.82, 2.24) is 9.62 Å². The molecule has 0 spiro atoms. The minimum atomic E-state index is -0.531. The molecule has 2 aromatic rings. The lowest BCUT2D eigenvalue weighted by Crippen LogP contribution is -2.34. The fraction of sp³-hybridized carbons (Fsp3) is 0.480. The Morgan fingerprint density at radius 3 is 1.82 bits per heavy atom. The molecule has 4 nitrogen and oxygen atoms in total. The largest absolute Gasteiger partial charge is 0.378 e. The van der Waals surface area contributed by atoms with Crippen LogP contribution in [0, 0.1) is 17.6 Å². The maximum atomic E-state index is 13.3. The third-order valence-electron chi connectivity index (χ3n) is 4.44. The Kier molecular flexibility index (Phi) is 18.2. The van der Waals surface area contributed by atoms with Crippen LogP contribution in [0.15, 0.2) is 48.5 Å². The van der Waals surface area contributed by atoms with E-state index in [0.29, 0.717) is 24.7 Å². The number of carbonyl (C=O) groups is 1. The van der Waals surface area contributed by atoms with Gasteiger partial charge in [0.05, 0.1) is 18.8 Å². The quantitative estimate of drug-likeness (QED) is 0.428. The molecule has 0 aromatic heterocycles. The molecule has 1 saturated heterocycles. The summed E-state index contributed by atoms with van der Waals surface area (Å²) in [7, 11) is 1.89. The third kappa shape index (κ3) is 14.0. The van der Waals surface area contributed by atoms with Crippen LogP contribution >= 0.6 is 11.9 Å². The molecule has 0 unspecified atom stereocenters. The summed E-state index contributed by atoms with van der Waals surface area (Å²) in [5.41, 5.74) is 0.594. The first-order valence-electron chi connectivity index (χ1n) is 11.0. The van der Waals surface area contributed by atoms with Gasteiger partial charge in [-0.1, -0.05) is 69.1 Å². The second-order valence-electron chi connectivity index (χ2n) is 6.85. The van der Waals surface area contributed by atoms with E-state index in [2.05, 4.69) is 4.72 Å². The molecule has 0 radical (unpaired) electrons. The molecule has 1 saturated carbocycles. The molecular weight excluding hydrogens is 449 g/mol. The fourth-order valence-electron chi connectivity index (χ4n) is 2.34. The second-order valence-corrected chi connectivity index (χ2v) is 7.67. The Morgan fingerprint density at radius 1 is 1.03 bits per heavy atom. The predicted octanol–water partition coefficient (Wildman–Crippen LogP) is 5.98. The number of hydrogen-bond acceptors (Lipinski definition) is 4. The number of rotatable bonds is 3. The molecule has 2 aromatic carbocycles. The number of halogens is 3. The van der Waals surface area contributed by atoms with Gasteiger partial charge in [-0.2, -0.15) is 0 Å². The molecule has 2 aliphatic rings. The molecule has 186 valence electrons. The molecule has 1 aliphatic carbocycles. The fourth-order valence-corrected chi connectivity index (χ4v) is 2.34. The zero-order chi connectivity index (χ0) is 25.1. The summed E-state index contributed by atoms with van der Waals surface area (Å²) in [6, 6.07) is 12.5. The highest BCUT2D eigenvalue weighted by atomic mass is 32.2. The monoisotopic (exact) mass is 486 g/mol. The number of amides is 1. The summed E-state index contributed by atoms with van der Waals surface area (Å²) < 4.78 is 45.9. The number of morpholine rings is 1. The summed E-state index contributed by atoms with van der Waals surface area (Å²) in [6.07, 6.45) is 3.21. The van der Waals surface area contributed by atoms with Crippen LogP contribution < -0.4 is 4.72 Å². The summed E-state index contributed by atoms with van der Waals surface area (Å²) in [5.74, 6) is -0.678. The van der Waals surface area contributed by atoms with E-state index in [9.17, 15) is 18.0 Å². The highest BCUT2D eigenvalue weighted by Gasteiger charge is 2.31. The average molecular weight is 487 g/mol. The first-order chi connectivity index (χ1) is 15.9. The molecule has 2 atom stereocenters. The average Bonchev–Trinajstić information content (AvgIpc) is 3.53. The Bertz CT molecular complexity index is 719. The molecule has 2 fully saturated rings. The zero-order valence-electron chi connectivity index (χ0n) is 20.2. The second kappa shape index (κ2) is 19.4. The zero-order valence-corrected chi connectivity index (χ0v) is 21.0. The van der Waals surface area contributed by atoms with Gasteiger partial charge in [-0.15, -0.1) is 0 Å². The molecule has 4 rings (SSSR count). The molecule has 33 heavy (non-hydrogen) atoms. The normalized spacial score (nSPS) is 17.9. The van der Waals surface area contributed by atoms with Crippen molar-refractivity contribution < 1.29 is 22.7 Å². The van der Waals surface area contributed by atoms with Crippen molar-refractivity contribution >= 4 is 18.4 Å². The summed E-state index contributed by atoms with van der Waals surface area (Å²) in [6.45, 7) is 8.81. The van der Waals surface area contributed by atoms with Crippen LogP contribution in [0.1, 0.15) is 27.2 Å². The van der Waals surface area contributed by atoms with Crippen LogP contribution in [0.2, 0.25) is 0 Å². The third-order valence-corrected chi connectivity index (χ3v) is 4.84. The Hall–Kier alpha value is -2.03. The van der Waals surface area contributed by atoms with Crippen LogP contribution in [-0.2, 0) is 9.53 Å². The van der Waals surface area contributed by atoms with Gasteiger partial charge in [0.2, 0.25) is 6.41 Å². The van der Waals surface area contributed by atoms with E-state index < -0.39 is 17.8 Å². The van der Waals surface area contributed by atoms with E-state index in [-0.39, 0.29) is 5.56 Å². The van der Waals surface area contributed by atoms with Crippen molar-refractivity contribution in [3.8, 4) is 11.1 Å². The smallest absolute Gasteiger partial charge is 0.209 e. The Balaban J connectivity index is 0.000000456. The van der Waals surface area contributed by atoms with Gasteiger partial charge < -0.3 is 9.64 Å². The van der Waals surface area contributed by atoms with Gasteiger partial charge in [0, 0.05) is 13.1 Å². The van der Waals surface area contributed by atoms with Crippen LogP contribution in [0.25, 0.3) is 11.1 Å². The topological polar surface area (TPSA) is 41.6 Å². The van der Waals surface area contributed by atoms with Gasteiger partial charge in [0.15, 0.2) is 0 Å². The molecule has 0 bridgehead atoms. The Morgan fingerprint density at radius 2 is 1.48 bits per heavy atom. The van der Waals surface area contributed by atoms with E-state index in [0.717, 1.165) is 25.9 Å². The van der Waals surface area contributed by atoms with Crippen molar-refractivity contribution in [2.24, 2.45) is 5.92 Å². The van der Waals surface area contributed by atoms with Crippen molar-refractivity contribution in [3.05, 3.63) is 60.2 Å². The van der Waals surface area contributed by atoms with Crippen LogP contribution in [0.5, 0.6) is 0 Å². The standard InChI is InChI=1S/C12H8F2.C5H9NO2.C4H7F.C2H7NS.C2H6/c13-10-7-4-8-11(14)12(10)9-5-2-1-3-6-9;7-5-6-1-3-8-4-2-6;1-3-2-4(3)5;1-3-4-2;1-2/h1-8H;5H,1-4H2;3-4H,2H2,1H3;3H,1-2H3;1-2H3/t;;3-,4+;;/m..1../s1. The minimum Gasteiger partial charge on any atom is -0.378 e. The lowest BCUT2D eigenvalue weighted by atomic mass is 10.0. The van der Waals surface area contributed by atoms with E-state index in [1.165, 1.54) is 18.2 Å². The van der Waals surface area contributed by atoms with E-state index in [4.69, 9.17) is 4.74 Å². The molecule has 8 heteroatoms. The summed E-state index contributed by atoms with van der Waals surface area (Å²) in [4.78, 5) is 11.7. The van der Waals surface area contributed by atoms with Crippen molar-refractivity contribution in [2.75, 3.05) is 39.6 Å². The number of nitrogens with zero attached hydrogens (tertiary/aromatic N) is 1. The van der Waals surface area contributed by atoms with Crippen molar-refractivity contribution in [1.29, 1.82) is 0 Å². The van der Waals surface area contributed by atoms with Gasteiger partial charge in [0.1, 0.15) is 17.8 Å². The molecular formula is C25H37F3N2O2S. The van der Waals surface area contributed by atoms with Crippen LogP contribution in [-0.4, -0.2) is 57.1 Å². The van der Waals surface area contributed by atoms with Gasteiger partial charge in [0.25, 0.3) is 0 Å². The Labute approximate surface area is 201 Å². The first kappa shape index (κ1) is 31.0.